The minimum Gasteiger partial charge on any atom is -0.419 e. The van der Waals surface area contributed by atoms with E-state index >= 15 is 0 Å². The van der Waals surface area contributed by atoms with Crippen molar-refractivity contribution in [2.24, 2.45) is 0 Å². The van der Waals surface area contributed by atoms with Gasteiger partial charge in [-0.1, -0.05) is 0 Å². The highest BCUT2D eigenvalue weighted by molar-refractivity contribution is 7.89. The highest BCUT2D eigenvalue weighted by Crippen LogP contribution is 2.31. The van der Waals surface area contributed by atoms with Crippen LogP contribution in [0.1, 0.15) is 37.8 Å². The Labute approximate surface area is 159 Å². The monoisotopic (exact) mass is 386 g/mol. The molecule has 7 nitrogen and oxygen atoms in total. The molecular weight excluding hydrogens is 364 g/mol. The van der Waals surface area contributed by atoms with Gasteiger partial charge in [0.1, 0.15) is 6.07 Å². The van der Waals surface area contributed by atoms with E-state index in [4.69, 9.17) is 4.42 Å². The van der Waals surface area contributed by atoms with E-state index in [2.05, 4.69) is 16.0 Å². The summed E-state index contributed by atoms with van der Waals surface area (Å²) in [5.74, 6) is 0.859. The maximum Gasteiger partial charge on any atom is 0.243 e. The number of nitrogens with zero attached hydrogens (tertiary/aromatic N) is 4. The lowest BCUT2D eigenvalue weighted by Crippen LogP contribution is -2.29. The largest absolute Gasteiger partial charge is 0.419 e. The van der Waals surface area contributed by atoms with Gasteiger partial charge in [-0.15, -0.1) is 0 Å². The maximum absolute atomic E-state index is 12.6. The standard InChI is InChI=1S/C19H22N4O3S/c20-14-17-19(22-10-2-1-3-11-22)26-18(21-17)15-6-8-16(9-7-15)27(24,25)23-12-4-5-13-23/h6-9H,1-5,10-13H2. The van der Waals surface area contributed by atoms with Gasteiger partial charge >= 0.3 is 0 Å². The van der Waals surface area contributed by atoms with Crippen LogP contribution < -0.4 is 4.90 Å². The first-order chi connectivity index (χ1) is 13.1. The van der Waals surface area contributed by atoms with Gasteiger partial charge in [0.15, 0.2) is 0 Å². The smallest absolute Gasteiger partial charge is 0.243 e. The minimum atomic E-state index is -3.44. The van der Waals surface area contributed by atoms with Crippen molar-refractivity contribution in [1.29, 1.82) is 5.26 Å². The van der Waals surface area contributed by atoms with Crippen molar-refractivity contribution in [3.8, 4) is 17.5 Å². The third-order valence-corrected chi connectivity index (χ3v) is 7.08. The van der Waals surface area contributed by atoms with Gasteiger partial charge in [0.05, 0.1) is 4.90 Å². The van der Waals surface area contributed by atoms with Crippen molar-refractivity contribution in [1.82, 2.24) is 9.29 Å². The Kier molecular flexibility index (Phi) is 4.89. The molecule has 0 saturated carbocycles. The Morgan fingerprint density at radius 1 is 0.963 bits per heavy atom. The van der Waals surface area contributed by atoms with Crippen LogP contribution in [0.5, 0.6) is 0 Å². The van der Waals surface area contributed by atoms with E-state index in [1.807, 2.05) is 0 Å². The third-order valence-electron chi connectivity index (χ3n) is 5.16. The molecule has 2 aliphatic heterocycles. The second-order valence-electron chi connectivity index (χ2n) is 6.97. The zero-order valence-corrected chi connectivity index (χ0v) is 15.9. The normalized spacial score (nSPS) is 18.6. The van der Waals surface area contributed by atoms with Crippen molar-refractivity contribution in [2.45, 2.75) is 37.0 Å². The number of anilines is 1. The van der Waals surface area contributed by atoms with Crippen molar-refractivity contribution >= 4 is 15.9 Å². The molecule has 0 unspecified atom stereocenters. The zero-order chi connectivity index (χ0) is 18.9. The second kappa shape index (κ2) is 7.33. The van der Waals surface area contributed by atoms with Crippen LogP contribution in [0, 0.1) is 11.3 Å². The van der Waals surface area contributed by atoms with Crippen LogP contribution in [0.25, 0.3) is 11.5 Å². The van der Waals surface area contributed by atoms with Crippen molar-refractivity contribution in [3.63, 3.8) is 0 Å². The topological polar surface area (TPSA) is 90.4 Å². The van der Waals surface area contributed by atoms with Crippen LogP contribution in [-0.4, -0.2) is 43.9 Å². The molecule has 0 radical (unpaired) electrons. The van der Waals surface area contributed by atoms with Crippen molar-refractivity contribution in [2.75, 3.05) is 31.1 Å². The van der Waals surface area contributed by atoms with Crippen LogP contribution in [0.2, 0.25) is 0 Å². The molecule has 2 aromatic rings. The van der Waals surface area contributed by atoms with Crippen LogP contribution in [0.15, 0.2) is 33.6 Å². The summed E-state index contributed by atoms with van der Waals surface area (Å²) in [6, 6.07) is 8.65. The molecule has 0 spiro atoms. The fraction of sp³-hybridized carbons (Fsp3) is 0.474. The number of rotatable bonds is 4. The van der Waals surface area contributed by atoms with Crippen molar-refractivity contribution in [3.05, 3.63) is 30.0 Å². The molecule has 3 heterocycles. The lowest BCUT2D eigenvalue weighted by atomic mass is 10.1. The summed E-state index contributed by atoms with van der Waals surface area (Å²) >= 11 is 0. The van der Waals surface area contributed by atoms with Gasteiger partial charge in [-0.05, 0) is 56.4 Å². The van der Waals surface area contributed by atoms with Crippen LogP contribution in [0.3, 0.4) is 0 Å². The first-order valence-electron chi connectivity index (χ1n) is 9.36. The molecule has 4 rings (SSSR count). The molecule has 8 heteroatoms. The summed E-state index contributed by atoms with van der Waals surface area (Å²) in [5.41, 5.74) is 0.941. The summed E-state index contributed by atoms with van der Waals surface area (Å²) in [7, 11) is -3.44. The fourth-order valence-electron chi connectivity index (χ4n) is 3.67. The minimum absolute atomic E-state index is 0.275. The Hall–Kier alpha value is -2.37. The Morgan fingerprint density at radius 3 is 2.22 bits per heavy atom. The van der Waals surface area contributed by atoms with Gasteiger partial charge in [-0.3, -0.25) is 0 Å². The van der Waals surface area contributed by atoms with E-state index in [0.717, 1.165) is 38.8 Å². The summed E-state index contributed by atoms with van der Waals surface area (Å²) < 4.78 is 32.7. The van der Waals surface area contributed by atoms with Crippen molar-refractivity contribution < 1.29 is 12.8 Å². The number of piperidine rings is 1. The van der Waals surface area contributed by atoms with Gasteiger partial charge in [0.25, 0.3) is 0 Å². The van der Waals surface area contributed by atoms with Gasteiger partial charge in [-0.2, -0.15) is 14.6 Å². The Morgan fingerprint density at radius 2 is 1.59 bits per heavy atom. The number of benzene rings is 1. The number of sulfonamides is 1. The van der Waals surface area contributed by atoms with E-state index in [0.29, 0.717) is 30.4 Å². The molecule has 1 aromatic carbocycles. The summed E-state index contributed by atoms with van der Waals surface area (Å²) in [4.78, 5) is 6.65. The Bertz CT molecular complexity index is 948. The average molecular weight is 386 g/mol. The molecule has 2 saturated heterocycles. The molecule has 2 aliphatic rings. The third kappa shape index (κ3) is 3.45. The van der Waals surface area contributed by atoms with Gasteiger partial charge in [-0.25, -0.2) is 8.42 Å². The van der Waals surface area contributed by atoms with Crippen LogP contribution in [0.4, 0.5) is 5.88 Å². The second-order valence-corrected chi connectivity index (χ2v) is 8.91. The Balaban J connectivity index is 1.61. The van der Waals surface area contributed by atoms with Crippen LogP contribution >= 0.6 is 0 Å². The molecule has 0 atom stereocenters. The molecule has 0 N–H and O–H groups in total. The van der Waals surface area contributed by atoms with Gasteiger partial charge < -0.3 is 9.32 Å². The lowest BCUT2D eigenvalue weighted by Gasteiger charge is -2.25. The predicted molar refractivity (Wildman–Crippen MR) is 101 cm³/mol. The number of nitriles is 1. The van der Waals surface area contributed by atoms with E-state index in [9.17, 15) is 13.7 Å². The molecule has 27 heavy (non-hydrogen) atoms. The lowest BCUT2D eigenvalue weighted by molar-refractivity contribution is 0.477. The van der Waals surface area contributed by atoms with E-state index < -0.39 is 10.0 Å². The number of hydrogen-bond donors (Lipinski definition) is 0. The molecule has 1 aromatic heterocycles. The van der Waals surface area contributed by atoms with Crippen LogP contribution in [-0.2, 0) is 10.0 Å². The van der Waals surface area contributed by atoms with Gasteiger partial charge in [0, 0.05) is 31.7 Å². The number of oxazole rings is 1. The SMILES string of the molecule is N#Cc1nc(-c2ccc(S(=O)(=O)N3CCCC3)cc2)oc1N1CCCCC1. The zero-order valence-electron chi connectivity index (χ0n) is 15.1. The summed E-state index contributed by atoms with van der Waals surface area (Å²) in [5, 5.41) is 9.40. The maximum atomic E-state index is 12.6. The molecule has 2 fully saturated rings. The highest BCUT2D eigenvalue weighted by Gasteiger charge is 2.27. The van der Waals surface area contributed by atoms with Gasteiger partial charge in [0.2, 0.25) is 27.5 Å². The molecule has 0 bridgehead atoms. The molecule has 0 aliphatic carbocycles. The van der Waals surface area contributed by atoms with E-state index in [1.54, 1.807) is 24.3 Å². The average Bonchev–Trinajstić information content (AvgIpc) is 3.39. The van der Waals surface area contributed by atoms with E-state index in [1.165, 1.54) is 10.7 Å². The van der Waals surface area contributed by atoms with E-state index in [-0.39, 0.29) is 10.6 Å². The quantitative estimate of drug-likeness (QED) is 0.802. The first kappa shape index (κ1) is 18.0. The fourth-order valence-corrected chi connectivity index (χ4v) is 5.18. The highest BCUT2D eigenvalue weighted by atomic mass is 32.2. The molecule has 142 valence electrons. The number of aromatic nitrogens is 1. The summed E-state index contributed by atoms with van der Waals surface area (Å²) in [6.07, 6.45) is 5.15. The first-order valence-corrected chi connectivity index (χ1v) is 10.8. The predicted octanol–water partition coefficient (Wildman–Crippen LogP) is 2.99. The molecular formula is C19H22N4O3S. The summed E-state index contributed by atoms with van der Waals surface area (Å²) in [6.45, 7) is 2.87. The number of hydrogen-bond acceptors (Lipinski definition) is 6. The molecule has 0 amide bonds.